The summed E-state index contributed by atoms with van der Waals surface area (Å²) in [4.78, 5) is 14.8. The van der Waals surface area contributed by atoms with E-state index in [-0.39, 0.29) is 16.9 Å². The number of benzene rings is 2. The minimum Gasteiger partial charge on any atom is -0.457 e. The summed E-state index contributed by atoms with van der Waals surface area (Å²) >= 11 is 0. The Kier molecular flexibility index (Phi) is 4.04. The van der Waals surface area contributed by atoms with Gasteiger partial charge in [0.1, 0.15) is 11.5 Å². The molecule has 3 rings (SSSR count). The zero-order valence-electron chi connectivity index (χ0n) is 15.0. The Labute approximate surface area is 148 Å². The second kappa shape index (κ2) is 5.93. The van der Waals surface area contributed by atoms with Crippen LogP contribution < -0.4 is 4.74 Å². The number of ether oxygens (including phenoxy) is 1. The van der Waals surface area contributed by atoms with Gasteiger partial charge in [-0.05, 0) is 56.3 Å². The quantitative estimate of drug-likeness (QED) is 0.823. The summed E-state index contributed by atoms with van der Waals surface area (Å²) in [7, 11) is 0. The first-order chi connectivity index (χ1) is 11.7. The fourth-order valence-corrected chi connectivity index (χ4v) is 2.97. The highest BCUT2D eigenvalue weighted by molar-refractivity contribution is 5.96. The van der Waals surface area contributed by atoms with Gasteiger partial charge in [0.05, 0.1) is 11.6 Å². The van der Waals surface area contributed by atoms with Gasteiger partial charge >= 0.3 is 0 Å². The summed E-state index contributed by atoms with van der Waals surface area (Å²) in [6.07, 6.45) is 0. The van der Waals surface area contributed by atoms with E-state index in [2.05, 4.69) is 33.8 Å². The first-order valence-corrected chi connectivity index (χ1v) is 8.35. The second-order valence-corrected chi connectivity index (χ2v) is 7.60. The predicted octanol–water partition coefficient (Wildman–Crippen LogP) is 4.61. The van der Waals surface area contributed by atoms with Crippen molar-refractivity contribution in [3.63, 3.8) is 0 Å². The average Bonchev–Trinajstić information content (AvgIpc) is 2.60. The number of carbonyl (C=O) groups is 1. The molecule has 0 bridgehead atoms. The Morgan fingerprint density at radius 1 is 1.08 bits per heavy atom. The molecule has 4 nitrogen and oxygen atoms in total. The topological polar surface area (TPSA) is 53.3 Å². The van der Waals surface area contributed by atoms with Crippen LogP contribution in [0.4, 0.5) is 0 Å². The maximum Gasteiger partial charge on any atom is 0.254 e. The molecular weight excluding hydrogens is 312 g/mol. The van der Waals surface area contributed by atoms with Crippen LogP contribution in [-0.2, 0) is 0 Å². The average molecular weight is 334 g/mol. The van der Waals surface area contributed by atoms with E-state index in [4.69, 9.17) is 10.00 Å². The van der Waals surface area contributed by atoms with Gasteiger partial charge in [0.2, 0.25) is 0 Å². The number of nitriles is 1. The summed E-state index contributed by atoms with van der Waals surface area (Å²) in [6.45, 7) is 9.32. The molecule has 2 aromatic rings. The monoisotopic (exact) mass is 334 g/mol. The minimum atomic E-state index is -0.173. The summed E-state index contributed by atoms with van der Waals surface area (Å²) in [5.41, 5.74) is 1.14. The van der Waals surface area contributed by atoms with Gasteiger partial charge in [-0.25, -0.2) is 0 Å². The Balaban J connectivity index is 1.78. The van der Waals surface area contributed by atoms with E-state index in [0.29, 0.717) is 22.6 Å². The molecule has 1 heterocycles. The first-order valence-electron chi connectivity index (χ1n) is 8.35. The molecule has 1 aliphatic heterocycles. The van der Waals surface area contributed by atoms with Gasteiger partial charge < -0.3 is 9.64 Å². The molecule has 128 valence electrons. The molecule has 0 N–H and O–H groups in total. The lowest BCUT2D eigenvalue weighted by Gasteiger charge is -2.61. The van der Waals surface area contributed by atoms with Crippen LogP contribution >= 0.6 is 0 Å². The summed E-state index contributed by atoms with van der Waals surface area (Å²) in [6, 6.07) is 16.2. The SMILES string of the molecule is CC1(C)CN(C(=O)c2cccc(Oc3ccc(C#N)cc3)c2)C1(C)C. The molecule has 1 aliphatic rings. The molecule has 2 aromatic carbocycles. The highest BCUT2D eigenvalue weighted by atomic mass is 16.5. The van der Waals surface area contributed by atoms with E-state index in [9.17, 15) is 4.79 Å². The molecule has 0 aliphatic carbocycles. The lowest BCUT2D eigenvalue weighted by Crippen LogP contribution is -2.70. The first kappa shape index (κ1) is 17.0. The maximum atomic E-state index is 12.9. The van der Waals surface area contributed by atoms with Crippen molar-refractivity contribution >= 4 is 5.91 Å². The van der Waals surface area contributed by atoms with Gasteiger partial charge in [-0.3, -0.25) is 4.79 Å². The molecular formula is C21H22N2O2. The number of likely N-dealkylation sites (tertiary alicyclic amines) is 1. The molecule has 0 radical (unpaired) electrons. The van der Waals surface area contributed by atoms with Crippen LogP contribution in [0.2, 0.25) is 0 Å². The van der Waals surface area contributed by atoms with E-state index in [1.54, 1.807) is 30.3 Å². The fourth-order valence-electron chi connectivity index (χ4n) is 2.97. The Hall–Kier alpha value is -2.80. The van der Waals surface area contributed by atoms with Crippen molar-refractivity contribution in [2.45, 2.75) is 33.2 Å². The Bertz CT molecular complexity index is 845. The maximum absolute atomic E-state index is 12.9. The summed E-state index contributed by atoms with van der Waals surface area (Å²) < 4.78 is 5.81. The molecule has 1 amide bonds. The number of rotatable bonds is 3. The van der Waals surface area contributed by atoms with E-state index in [1.807, 2.05) is 23.1 Å². The molecule has 0 atom stereocenters. The smallest absolute Gasteiger partial charge is 0.254 e. The number of amides is 1. The molecule has 1 saturated heterocycles. The minimum absolute atomic E-state index is 0.0228. The van der Waals surface area contributed by atoms with Gasteiger partial charge in [0, 0.05) is 23.1 Å². The van der Waals surface area contributed by atoms with Crippen LogP contribution in [0.25, 0.3) is 0 Å². The lowest BCUT2D eigenvalue weighted by atomic mass is 9.65. The van der Waals surface area contributed by atoms with Crippen molar-refractivity contribution in [1.82, 2.24) is 4.90 Å². The highest BCUT2D eigenvalue weighted by Gasteiger charge is 2.54. The van der Waals surface area contributed by atoms with Crippen molar-refractivity contribution in [2.75, 3.05) is 6.54 Å². The zero-order chi connectivity index (χ0) is 18.2. The molecule has 0 aromatic heterocycles. The third-order valence-corrected chi connectivity index (χ3v) is 5.43. The van der Waals surface area contributed by atoms with Crippen molar-refractivity contribution < 1.29 is 9.53 Å². The van der Waals surface area contributed by atoms with Crippen LogP contribution in [0.3, 0.4) is 0 Å². The molecule has 0 saturated carbocycles. The molecule has 25 heavy (non-hydrogen) atoms. The summed E-state index contributed by atoms with van der Waals surface area (Å²) in [5, 5.41) is 8.84. The van der Waals surface area contributed by atoms with Crippen LogP contribution in [0.1, 0.15) is 43.6 Å². The van der Waals surface area contributed by atoms with Crippen molar-refractivity contribution in [3.05, 3.63) is 59.7 Å². The molecule has 4 heteroatoms. The van der Waals surface area contributed by atoms with E-state index in [1.165, 1.54) is 0 Å². The molecule has 0 unspecified atom stereocenters. The Morgan fingerprint density at radius 3 is 2.32 bits per heavy atom. The van der Waals surface area contributed by atoms with Crippen molar-refractivity contribution in [1.29, 1.82) is 5.26 Å². The molecule has 1 fully saturated rings. The van der Waals surface area contributed by atoms with Crippen LogP contribution in [-0.4, -0.2) is 22.9 Å². The van der Waals surface area contributed by atoms with Crippen LogP contribution in [0, 0.1) is 16.7 Å². The second-order valence-electron chi connectivity index (χ2n) is 7.60. The number of carbonyl (C=O) groups excluding carboxylic acids is 1. The zero-order valence-corrected chi connectivity index (χ0v) is 15.0. The standard InChI is InChI=1S/C21H22N2O2/c1-20(2)14-23(21(20,3)4)19(24)16-6-5-7-18(12-16)25-17-10-8-15(13-22)9-11-17/h5-12H,14H2,1-4H3. The third-order valence-electron chi connectivity index (χ3n) is 5.43. The van der Waals surface area contributed by atoms with Gasteiger partial charge in [-0.15, -0.1) is 0 Å². The van der Waals surface area contributed by atoms with Crippen molar-refractivity contribution in [3.8, 4) is 17.6 Å². The largest absolute Gasteiger partial charge is 0.457 e. The van der Waals surface area contributed by atoms with Gasteiger partial charge in [-0.1, -0.05) is 19.9 Å². The van der Waals surface area contributed by atoms with Crippen LogP contribution in [0.5, 0.6) is 11.5 Å². The molecule has 0 spiro atoms. The number of nitrogens with zero attached hydrogens (tertiary/aromatic N) is 2. The van der Waals surface area contributed by atoms with Crippen molar-refractivity contribution in [2.24, 2.45) is 5.41 Å². The summed E-state index contributed by atoms with van der Waals surface area (Å²) in [5.74, 6) is 1.26. The highest BCUT2D eigenvalue weighted by Crippen LogP contribution is 2.47. The van der Waals surface area contributed by atoms with Crippen LogP contribution in [0.15, 0.2) is 48.5 Å². The van der Waals surface area contributed by atoms with Gasteiger partial charge in [-0.2, -0.15) is 5.26 Å². The normalized spacial score (nSPS) is 17.3. The predicted molar refractivity (Wildman–Crippen MR) is 96.6 cm³/mol. The van der Waals surface area contributed by atoms with E-state index >= 15 is 0 Å². The van der Waals surface area contributed by atoms with E-state index < -0.39 is 0 Å². The fraction of sp³-hybridized carbons (Fsp3) is 0.333. The van der Waals surface area contributed by atoms with E-state index in [0.717, 1.165) is 6.54 Å². The Morgan fingerprint density at radius 2 is 1.76 bits per heavy atom. The van der Waals surface area contributed by atoms with Gasteiger partial charge in [0.25, 0.3) is 5.91 Å². The number of hydrogen-bond acceptors (Lipinski definition) is 3. The lowest BCUT2D eigenvalue weighted by molar-refractivity contribution is -0.0881. The van der Waals surface area contributed by atoms with Gasteiger partial charge in [0.15, 0.2) is 0 Å². The third kappa shape index (κ3) is 2.98. The number of hydrogen-bond donors (Lipinski definition) is 0.